The first-order chi connectivity index (χ1) is 9.49. The van der Waals surface area contributed by atoms with E-state index in [0.29, 0.717) is 12.3 Å². The van der Waals surface area contributed by atoms with E-state index in [0.717, 1.165) is 50.8 Å². The fourth-order valence-electron chi connectivity index (χ4n) is 5.71. The summed E-state index contributed by atoms with van der Waals surface area (Å²) < 4.78 is 0. The minimum absolute atomic E-state index is 0.000648. The van der Waals surface area contributed by atoms with Crippen molar-refractivity contribution in [2.75, 3.05) is 13.1 Å². The van der Waals surface area contributed by atoms with Gasteiger partial charge < -0.3 is 10.2 Å². The second-order valence-electron chi connectivity index (χ2n) is 7.32. The quantitative estimate of drug-likeness (QED) is 0.708. The number of aliphatic hydroxyl groups excluding tert-OH is 1. The highest BCUT2D eigenvalue weighted by molar-refractivity contribution is 5.95. The predicted octanol–water partition coefficient (Wildman–Crippen LogP) is 1.79. The van der Waals surface area contributed by atoms with Crippen LogP contribution in [-0.4, -0.2) is 45.1 Å². The Morgan fingerprint density at radius 1 is 1.35 bits per heavy atom. The molecule has 2 N–H and O–H groups in total. The molecule has 4 rings (SSSR count). The zero-order valence-corrected chi connectivity index (χ0v) is 12.1. The van der Waals surface area contributed by atoms with E-state index in [9.17, 15) is 15.0 Å². The number of nitrogens with zero attached hydrogens (tertiary/aromatic N) is 1. The van der Waals surface area contributed by atoms with Gasteiger partial charge in [-0.2, -0.15) is 0 Å². The fourth-order valence-corrected chi connectivity index (χ4v) is 5.71. The summed E-state index contributed by atoms with van der Waals surface area (Å²) in [5.41, 5.74) is -0.424. The van der Waals surface area contributed by atoms with Gasteiger partial charge in [0.15, 0.2) is 11.5 Å². The second kappa shape index (κ2) is 3.86. The van der Waals surface area contributed by atoms with Gasteiger partial charge in [-0.05, 0) is 56.1 Å². The molecule has 0 aromatic heterocycles. The van der Waals surface area contributed by atoms with Gasteiger partial charge in [-0.25, -0.2) is 0 Å². The molecule has 0 aromatic rings. The van der Waals surface area contributed by atoms with Crippen molar-refractivity contribution in [2.45, 2.75) is 56.6 Å². The average Bonchev–Trinajstić information content (AvgIpc) is 2.74. The monoisotopic (exact) mass is 277 g/mol. The van der Waals surface area contributed by atoms with Gasteiger partial charge >= 0.3 is 0 Å². The molecule has 2 bridgehead atoms. The Morgan fingerprint density at radius 2 is 2.15 bits per heavy atom. The number of hydrogen-bond acceptors (Lipinski definition) is 4. The van der Waals surface area contributed by atoms with E-state index in [4.69, 9.17) is 0 Å². The van der Waals surface area contributed by atoms with Crippen LogP contribution in [-0.2, 0) is 4.79 Å². The molecule has 0 radical (unpaired) electrons. The van der Waals surface area contributed by atoms with Crippen LogP contribution in [0.3, 0.4) is 0 Å². The molecule has 20 heavy (non-hydrogen) atoms. The number of carbonyl (C=O) groups excluding carboxylic acids is 1. The van der Waals surface area contributed by atoms with Gasteiger partial charge in [-0.1, -0.05) is 6.92 Å². The maximum atomic E-state index is 12.3. The first kappa shape index (κ1) is 12.8. The summed E-state index contributed by atoms with van der Waals surface area (Å²) in [6.07, 6.45) is 4.59. The maximum absolute atomic E-state index is 12.3. The molecule has 4 nitrogen and oxygen atoms in total. The van der Waals surface area contributed by atoms with E-state index < -0.39 is 11.1 Å². The van der Waals surface area contributed by atoms with E-state index >= 15 is 0 Å². The number of rotatable bonds is 0. The third-order valence-corrected chi connectivity index (χ3v) is 6.36. The summed E-state index contributed by atoms with van der Waals surface area (Å²) in [5.74, 6) is 0.319. The van der Waals surface area contributed by atoms with E-state index in [1.165, 1.54) is 0 Å². The van der Waals surface area contributed by atoms with Crippen molar-refractivity contribution in [1.29, 1.82) is 0 Å². The molecular weight excluding hydrogens is 254 g/mol. The first-order valence-electron chi connectivity index (χ1n) is 7.92. The van der Waals surface area contributed by atoms with Crippen LogP contribution < -0.4 is 0 Å². The molecule has 0 unspecified atom stereocenters. The number of aliphatic hydroxyl groups is 2. The summed E-state index contributed by atoms with van der Waals surface area (Å²) in [6.45, 7) is 4.07. The lowest BCUT2D eigenvalue weighted by molar-refractivity contribution is -0.178. The van der Waals surface area contributed by atoms with Gasteiger partial charge in [0.05, 0.1) is 11.1 Å². The zero-order valence-electron chi connectivity index (χ0n) is 12.1. The van der Waals surface area contributed by atoms with Crippen molar-refractivity contribution >= 4 is 5.78 Å². The van der Waals surface area contributed by atoms with Crippen molar-refractivity contribution < 1.29 is 15.0 Å². The van der Waals surface area contributed by atoms with Crippen molar-refractivity contribution in [2.24, 2.45) is 11.8 Å². The summed E-state index contributed by atoms with van der Waals surface area (Å²) in [6, 6.07) is 0. The van der Waals surface area contributed by atoms with E-state index in [1.807, 2.05) is 0 Å². The highest BCUT2D eigenvalue weighted by Gasteiger charge is 2.67. The van der Waals surface area contributed by atoms with Gasteiger partial charge in [0.1, 0.15) is 0 Å². The molecule has 2 saturated heterocycles. The Kier molecular flexibility index (Phi) is 2.48. The predicted molar refractivity (Wildman–Crippen MR) is 74.3 cm³/mol. The van der Waals surface area contributed by atoms with Crippen LogP contribution in [0.25, 0.3) is 0 Å². The lowest BCUT2D eigenvalue weighted by atomic mass is 9.55. The van der Waals surface area contributed by atoms with Gasteiger partial charge in [-0.15, -0.1) is 0 Å². The molecule has 2 aliphatic heterocycles. The number of ketones is 1. The third kappa shape index (κ3) is 1.27. The molecule has 1 saturated carbocycles. The van der Waals surface area contributed by atoms with Crippen LogP contribution in [0.4, 0.5) is 0 Å². The SMILES string of the molecule is C[C@@H]1C[C@H]2CC(=O)C(O)=C3CCN4CCC[C@@]2(O)[C@]34C1. The van der Waals surface area contributed by atoms with Gasteiger partial charge in [0.25, 0.3) is 0 Å². The largest absolute Gasteiger partial charge is 0.504 e. The maximum Gasteiger partial charge on any atom is 0.197 e. The number of hydrogen-bond donors (Lipinski definition) is 2. The minimum atomic E-state index is -0.816. The average molecular weight is 277 g/mol. The van der Waals surface area contributed by atoms with Crippen LogP contribution in [0.15, 0.2) is 11.3 Å². The normalized spacial score (nSPS) is 48.2. The second-order valence-corrected chi connectivity index (χ2v) is 7.32. The fraction of sp³-hybridized carbons (Fsp3) is 0.812. The van der Waals surface area contributed by atoms with Crippen molar-refractivity contribution in [3.05, 3.63) is 11.3 Å². The Labute approximate surface area is 119 Å². The highest BCUT2D eigenvalue weighted by atomic mass is 16.3. The van der Waals surface area contributed by atoms with Gasteiger partial charge in [-0.3, -0.25) is 9.69 Å². The molecule has 0 amide bonds. The van der Waals surface area contributed by atoms with E-state index in [-0.39, 0.29) is 17.5 Å². The lowest BCUT2D eigenvalue weighted by Gasteiger charge is -2.60. The minimum Gasteiger partial charge on any atom is -0.504 e. The third-order valence-electron chi connectivity index (χ3n) is 6.36. The Balaban J connectivity index is 1.99. The molecule has 1 spiro atoms. The number of piperidine rings is 1. The standard InChI is InChI=1S/C16H23NO3/c1-10-7-11-8-13(18)14(19)12-3-6-17-5-2-4-16(11,20)15(12,17)9-10/h10-11,19-20H,2-9H2,1H3/t10-,11+,15+,16+/m1/s1. The lowest BCUT2D eigenvalue weighted by Crippen LogP contribution is -2.70. The van der Waals surface area contributed by atoms with Crippen LogP contribution in [0.1, 0.15) is 45.4 Å². The molecule has 4 atom stereocenters. The molecule has 2 heterocycles. The summed E-state index contributed by atoms with van der Waals surface area (Å²) in [5, 5.41) is 22.0. The van der Waals surface area contributed by atoms with Crippen LogP contribution in [0, 0.1) is 11.8 Å². The van der Waals surface area contributed by atoms with Gasteiger partial charge in [0, 0.05) is 13.0 Å². The number of allylic oxidation sites excluding steroid dienone is 1. The van der Waals surface area contributed by atoms with Crippen molar-refractivity contribution in [3.63, 3.8) is 0 Å². The van der Waals surface area contributed by atoms with E-state index in [2.05, 4.69) is 11.8 Å². The highest BCUT2D eigenvalue weighted by Crippen LogP contribution is 2.60. The number of carbonyl (C=O) groups is 1. The Hall–Kier alpha value is -0.870. The van der Waals surface area contributed by atoms with Crippen LogP contribution in [0.2, 0.25) is 0 Å². The van der Waals surface area contributed by atoms with E-state index in [1.54, 1.807) is 0 Å². The summed E-state index contributed by atoms with van der Waals surface area (Å²) >= 11 is 0. The molecule has 2 aliphatic carbocycles. The number of Topliss-reactive ketones (excluding diaryl/α,β-unsaturated/α-hetero) is 1. The molecule has 110 valence electrons. The van der Waals surface area contributed by atoms with Crippen LogP contribution >= 0.6 is 0 Å². The Morgan fingerprint density at radius 3 is 2.95 bits per heavy atom. The molecule has 3 fully saturated rings. The first-order valence-corrected chi connectivity index (χ1v) is 7.92. The van der Waals surface area contributed by atoms with Gasteiger partial charge in [0.2, 0.25) is 0 Å². The molecule has 4 aliphatic rings. The molecular formula is C16H23NO3. The summed E-state index contributed by atoms with van der Waals surface area (Å²) in [7, 11) is 0. The smallest absolute Gasteiger partial charge is 0.197 e. The van der Waals surface area contributed by atoms with Crippen molar-refractivity contribution in [3.8, 4) is 0 Å². The summed E-state index contributed by atoms with van der Waals surface area (Å²) in [4.78, 5) is 14.7. The Bertz CT molecular complexity index is 514. The topological polar surface area (TPSA) is 60.8 Å². The zero-order chi connectivity index (χ0) is 14.1. The van der Waals surface area contributed by atoms with Crippen molar-refractivity contribution in [1.82, 2.24) is 4.90 Å². The van der Waals surface area contributed by atoms with Crippen LogP contribution in [0.5, 0.6) is 0 Å². The molecule has 4 heteroatoms. The molecule has 0 aromatic carbocycles.